The fourth-order valence-electron chi connectivity index (χ4n) is 2.23. The van der Waals surface area contributed by atoms with Gasteiger partial charge in [0, 0.05) is 18.8 Å². The SMILES string of the molecule is CC(C)S(=O)(=O)Nc1ccc(CC(=O)N2CCCC2)cc1. The molecule has 116 valence electrons. The van der Waals surface area contributed by atoms with Gasteiger partial charge in [0.2, 0.25) is 15.9 Å². The van der Waals surface area contributed by atoms with E-state index in [0.29, 0.717) is 12.1 Å². The zero-order valence-corrected chi connectivity index (χ0v) is 13.3. The molecule has 1 amide bonds. The first-order valence-electron chi connectivity index (χ1n) is 7.27. The minimum atomic E-state index is -3.33. The molecular weight excluding hydrogens is 288 g/mol. The molecule has 0 unspecified atom stereocenters. The number of rotatable bonds is 5. The normalized spacial score (nSPS) is 15.5. The van der Waals surface area contributed by atoms with E-state index < -0.39 is 15.3 Å². The monoisotopic (exact) mass is 310 g/mol. The summed E-state index contributed by atoms with van der Waals surface area (Å²) in [7, 11) is -3.33. The van der Waals surface area contributed by atoms with Gasteiger partial charge in [-0.05, 0) is 44.4 Å². The van der Waals surface area contributed by atoms with Crippen LogP contribution in [0.4, 0.5) is 5.69 Å². The molecule has 1 aromatic carbocycles. The minimum absolute atomic E-state index is 0.142. The van der Waals surface area contributed by atoms with Crippen molar-refractivity contribution in [3.8, 4) is 0 Å². The molecule has 1 heterocycles. The molecule has 6 heteroatoms. The third kappa shape index (κ3) is 4.20. The van der Waals surface area contributed by atoms with Gasteiger partial charge in [0.15, 0.2) is 0 Å². The molecule has 1 aliphatic rings. The van der Waals surface area contributed by atoms with Gasteiger partial charge in [-0.15, -0.1) is 0 Å². The zero-order chi connectivity index (χ0) is 15.5. The van der Waals surface area contributed by atoms with Crippen molar-refractivity contribution in [3.05, 3.63) is 29.8 Å². The van der Waals surface area contributed by atoms with Gasteiger partial charge in [-0.25, -0.2) is 8.42 Å². The highest BCUT2D eigenvalue weighted by Gasteiger charge is 2.18. The van der Waals surface area contributed by atoms with E-state index in [4.69, 9.17) is 0 Å². The Morgan fingerprint density at radius 3 is 2.29 bits per heavy atom. The Hall–Kier alpha value is -1.56. The summed E-state index contributed by atoms with van der Waals surface area (Å²) in [6.45, 7) is 4.97. The van der Waals surface area contributed by atoms with Crippen LogP contribution in [-0.4, -0.2) is 37.6 Å². The van der Waals surface area contributed by atoms with Crippen molar-refractivity contribution in [2.75, 3.05) is 17.8 Å². The zero-order valence-electron chi connectivity index (χ0n) is 12.5. The molecular formula is C15H22N2O3S. The summed E-state index contributed by atoms with van der Waals surface area (Å²) in [4.78, 5) is 13.9. The van der Waals surface area contributed by atoms with E-state index >= 15 is 0 Å². The van der Waals surface area contributed by atoms with E-state index in [1.165, 1.54) is 0 Å². The van der Waals surface area contributed by atoms with Crippen LogP contribution in [0.15, 0.2) is 24.3 Å². The van der Waals surface area contributed by atoms with E-state index in [9.17, 15) is 13.2 Å². The first-order chi connectivity index (χ1) is 9.88. The van der Waals surface area contributed by atoms with Crippen LogP contribution in [-0.2, 0) is 21.2 Å². The molecule has 1 N–H and O–H groups in total. The smallest absolute Gasteiger partial charge is 0.235 e. The van der Waals surface area contributed by atoms with Crippen molar-refractivity contribution in [3.63, 3.8) is 0 Å². The number of carbonyl (C=O) groups is 1. The lowest BCUT2D eigenvalue weighted by molar-refractivity contribution is -0.129. The lowest BCUT2D eigenvalue weighted by Crippen LogP contribution is -2.29. The highest BCUT2D eigenvalue weighted by atomic mass is 32.2. The maximum Gasteiger partial charge on any atom is 0.235 e. The van der Waals surface area contributed by atoms with Gasteiger partial charge >= 0.3 is 0 Å². The van der Waals surface area contributed by atoms with Crippen LogP contribution in [0.3, 0.4) is 0 Å². The van der Waals surface area contributed by atoms with Crippen molar-refractivity contribution >= 4 is 21.6 Å². The number of nitrogens with one attached hydrogen (secondary N) is 1. The van der Waals surface area contributed by atoms with Crippen molar-refractivity contribution < 1.29 is 13.2 Å². The summed E-state index contributed by atoms with van der Waals surface area (Å²) in [5.74, 6) is 0.142. The first-order valence-corrected chi connectivity index (χ1v) is 8.81. The Kier molecular flexibility index (Phi) is 4.88. The number of amides is 1. The Bertz CT molecular complexity index is 588. The predicted molar refractivity (Wildman–Crippen MR) is 83.6 cm³/mol. The Balaban J connectivity index is 1.97. The van der Waals surface area contributed by atoms with Gasteiger partial charge in [-0.1, -0.05) is 12.1 Å². The largest absolute Gasteiger partial charge is 0.342 e. The number of carbonyl (C=O) groups excluding carboxylic acids is 1. The molecule has 0 saturated carbocycles. The quantitative estimate of drug-likeness (QED) is 0.904. The number of benzene rings is 1. The van der Waals surface area contributed by atoms with Crippen molar-refractivity contribution in [2.24, 2.45) is 0 Å². The summed E-state index contributed by atoms with van der Waals surface area (Å²) in [6, 6.07) is 7.00. The van der Waals surface area contributed by atoms with Crippen LogP contribution in [0, 0.1) is 0 Å². The molecule has 0 radical (unpaired) electrons. The third-order valence-electron chi connectivity index (χ3n) is 3.65. The van der Waals surface area contributed by atoms with Crippen LogP contribution in [0.5, 0.6) is 0 Å². The fourth-order valence-corrected chi connectivity index (χ4v) is 2.93. The molecule has 0 aliphatic carbocycles. The molecule has 0 bridgehead atoms. The van der Waals surface area contributed by atoms with Gasteiger partial charge in [-0.3, -0.25) is 9.52 Å². The van der Waals surface area contributed by atoms with Crippen LogP contribution in [0.1, 0.15) is 32.3 Å². The summed E-state index contributed by atoms with van der Waals surface area (Å²) in [5.41, 5.74) is 1.43. The maximum atomic E-state index is 12.0. The average Bonchev–Trinajstić information content (AvgIpc) is 2.94. The Morgan fingerprint density at radius 2 is 1.76 bits per heavy atom. The van der Waals surface area contributed by atoms with Gasteiger partial charge in [0.1, 0.15) is 0 Å². The second kappa shape index (κ2) is 6.47. The van der Waals surface area contributed by atoms with Crippen LogP contribution >= 0.6 is 0 Å². The van der Waals surface area contributed by atoms with Crippen molar-refractivity contribution in [1.29, 1.82) is 0 Å². The van der Waals surface area contributed by atoms with E-state index in [1.54, 1.807) is 38.1 Å². The molecule has 1 aromatic rings. The second-order valence-corrected chi connectivity index (χ2v) is 7.89. The molecule has 2 rings (SSSR count). The van der Waals surface area contributed by atoms with E-state index in [-0.39, 0.29) is 5.91 Å². The van der Waals surface area contributed by atoms with Gasteiger partial charge in [0.05, 0.1) is 11.7 Å². The summed E-state index contributed by atoms with van der Waals surface area (Å²) >= 11 is 0. The highest BCUT2D eigenvalue weighted by molar-refractivity contribution is 7.93. The van der Waals surface area contributed by atoms with E-state index in [0.717, 1.165) is 31.5 Å². The minimum Gasteiger partial charge on any atom is -0.342 e. The average molecular weight is 310 g/mol. The molecule has 0 spiro atoms. The molecule has 1 aliphatic heterocycles. The van der Waals surface area contributed by atoms with Gasteiger partial charge in [-0.2, -0.15) is 0 Å². The number of sulfonamides is 1. The van der Waals surface area contributed by atoms with Crippen molar-refractivity contribution in [1.82, 2.24) is 4.90 Å². The van der Waals surface area contributed by atoms with E-state index in [1.807, 2.05) is 4.90 Å². The molecule has 21 heavy (non-hydrogen) atoms. The van der Waals surface area contributed by atoms with Crippen LogP contribution < -0.4 is 4.72 Å². The Labute approximate surface area is 126 Å². The van der Waals surface area contributed by atoms with E-state index in [2.05, 4.69) is 4.72 Å². The molecule has 5 nitrogen and oxygen atoms in total. The molecule has 0 atom stereocenters. The lowest BCUT2D eigenvalue weighted by atomic mass is 10.1. The fraction of sp³-hybridized carbons (Fsp3) is 0.533. The molecule has 1 fully saturated rings. The lowest BCUT2D eigenvalue weighted by Gasteiger charge is -2.15. The third-order valence-corrected chi connectivity index (χ3v) is 5.41. The van der Waals surface area contributed by atoms with Crippen LogP contribution in [0.25, 0.3) is 0 Å². The number of anilines is 1. The predicted octanol–water partition coefficient (Wildman–Crippen LogP) is 2.00. The number of likely N-dealkylation sites (tertiary alicyclic amines) is 1. The molecule has 1 saturated heterocycles. The topological polar surface area (TPSA) is 66.5 Å². The first kappa shape index (κ1) is 15.8. The van der Waals surface area contributed by atoms with Crippen molar-refractivity contribution in [2.45, 2.75) is 38.4 Å². The number of hydrogen-bond donors (Lipinski definition) is 1. The number of nitrogens with zero attached hydrogens (tertiary/aromatic N) is 1. The summed E-state index contributed by atoms with van der Waals surface area (Å²) < 4.78 is 26.1. The summed E-state index contributed by atoms with van der Waals surface area (Å²) in [6.07, 6.45) is 2.54. The second-order valence-electron chi connectivity index (χ2n) is 5.66. The summed E-state index contributed by atoms with van der Waals surface area (Å²) in [5, 5.41) is -0.478. The Morgan fingerprint density at radius 1 is 1.19 bits per heavy atom. The molecule has 0 aromatic heterocycles. The van der Waals surface area contributed by atoms with Gasteiger partial charge in [0.25, 0.3) is 0 Å². The maximum absolute atomic E-state index is 12.0. The highest BCUT2D eigenvalue weighted by Crippen LogP contribution is 2.15. The number of hydrogen-bond acceptors (Lipinski definition) is 3. The standard InChI is InChI=1S/C15H22N2O3S/c1-12(2)21(19,20)16-14-7-5-13(6-8-14)11-15(18)17-9-3-4-10-17/h5-8,12,16H,3-4,9-11H2,1-2H3. The van der Waals surface area contributed by atoms with Crippen LogP contribution in [0.2, 0.25) is 0 Å². The van der Waals surface area contributed by atoms with Gasteiger partial charge < -0.3 is 4.90 Å².